The van der Waals surface area contributed by atoms with Gasteiger partial charge in [-0.15, -0.1) is 0 Å². The first-order valence-corrected chi connectivity index (χ1v) is 6.23. The molecule has 0 atom stereocenters. The maximum atomic E-state index is 13.0. The van der Waals surface area contributed by atoms with Gasteiger partial charge in [0.05, 0.1) is 0 Å². The second-order valence-electron chi connectivity index (χ2n) is 3.96. The fourth-order valence-corrected chi connectivity index (χ4v) is 1.81. The van der Waals surface area contributed by atoms with E-state index in [-0.39, 0.29) is 11.3 Å². The summed E-state index contributed by atoms with van der Waals surface area (Å²) in [4.78, 5) is 11.0. The highest BCUT2D eigenvalue weighted by Crippen LogP contribution is 2.29. The van der Waals surface area contributed by atoms with E-state index in [2.05, 4.69) is 15.9 Å². The van der Waals surface area contributed by atoms with E-state index in [1.54, 1.807) is 18.2 Å². The lowest BCUT2D eigenvalue weighted by Gasteiger charge is -2.10. The number of rotatable bonds is 3. The van der Waals surface area contributed by atoms with Crippen LogP contribution in [0.25, 0.3) is 0 Å². The van der Waals surface area contributed by atoms with Crippen molar-refractivity contribution in [2.75, 3.05) is 0 Å². The molecule has 0 saturated carbocycles. The van der Waals surface area contributed by atoms with Gasteiger partial charge in [0.25, 0.3) is 0 Å². The predicted molar refractivity (Wildman–Crippen MR) is 72.3 cm³/mol. The Morgan fingerprint density at radius 3 is 2.63 bits per heavy atom. The normalized spacial score (nSPS) is 10.3. The highest BCUT2D eigenvalue weighted by atomic mass is 79.9. The van der Waals surface area contributed by atoms with Gasteiger partial charge in [-0.05, 0) is 48.9 Å². The molecule has 2 aromatic carbocycles. The van der Waals surface area contributed by atoms with Gasteiger partial charge in [-0.1, -0.05) is 15.9 Å². The van der Waals surface area contributed by atoms with Crippen molar-refractivity contribution in [1.82, 2.24) is 0 Å². The lowest BCUT2D eigenvalue weighted by atomic mass is 10.2. The summed E-state index contributed by atoms with van der Waals surface area (Å²) in [5.41, 5.74) is 0.747. The van der Waals surface area contributed by atoms with Crippen LogP contribution in [0.15, 0.2) is 40.9 Å². The summed E-state index contributed by atoms with van der Waals surface area (Å²) in [6.07, 6.45) is 0. The molecule has 0 aliphatic carbocycles. The monoisotopic (exact) mass is 324 g/mol. The van der Waals surface area contributed by atoms with E-state index < -0.39 is 11.8 Å². The van der Waals surface area contributed by atoms with Gasteiger partial charge in [-0.25, -0.2) is 9.18 Å². The molecule has 0 aromatic heterocycles. The number of hydrogen-bond acceptors (Lipinski definition) is 2. The predicted octanol–water partition coefficient (Wildman–Crippen LogP) is 4.39. The first-order chi connectivity index (χ1) is 8.97. The molecule has 0 aliphatic heterocycles. The number of carboxylic acids is 1. The number of hydrogen-bond donors (Lipinski definition) is 1. The Bertz CT molecular complexity index is 641. The molecule has 3 nitrogen and oxygen atoms in total. The van der Waals surface area contributed by atoms with Crippen LogP contribution in [0.5, 0.6) is 11.5 Å². The van der Waals surface area contributed by atoms with Crippen LogP contribution in [0.2, 0.25) is 0 Å². The molecular weight excluding hydrogens is 315 g/mol. The minimum Gasteiger partial charge on any atom is -0.478 e. The van der Waals surface area contributed by atoms with Gasteiger partial charge in [0.1, 0.15) is 22.9 Å². The summed E-state index contributed by atoms with van der Waals surface area (Å²) in [6, 6.07) is 8.66. The summed E-state index contributed by atoms with van der Waals surface area (Å²) in [7, 11) is 0. The number of carboxylic acid groups (broad SMARTS) is 1. The minimum atomic E-state index is -1.23. The van der Waals surface area contributed by atoms with Gasteiger partial charge in [0.2, 0.25) is 0 Å². The molecule has 19 heavy (non-hydrogen) atoms. The first kappa shape index (κ1) is 13.5. The Labute approximate surface area is 117 Å². The largest absolute Gasteiger partial charge is 0.478 e. The third-order valence-electron chi connectivity index (χ3n) is 2.53. The third kappa shape index (κ3) is 3.12. The minimum absolute atomic E-state index is 0.107. The van der Waals surface area contributed by atoms with E-state index in [0.717, 1.165) is 22.2 Å². The molecular formula is C14H10BrFO3. The van der Waals surface area contributed by atoms with E-state index in [1.807, 2.05) is 6.92 Å². The molecule has 1 N–H and O–H groups in total. The summed E-state index contributed by atoms with van der Waals surface area (Å²) in [6.45, 7) is 1.89. The van der Waals surface area contributed by atoms with Crippen molar-refractivity contribution in [2.24, 2.45) is 0 Å². The summed E-state index contributed by atoms with van der Waals surface area (Å²) in [5.74, 6) is -1.24. The average Bonchev–Trinajstić information content (AvgIpc) is 2.36. The van der Waals surface area contributed by atoms with Crippen molar-refractivity contribution in [1.29, 1.82) is 0 Å². The van der Waals surface area contributed by atoms with Crippen molar-refractivity contribution >= 4 is 21.9 Å². The lowest BCUT2D eigenvalue weighted by molar-refractivity contribution is 0.0693. The maximum Gasteiger partial charge on any atom is 0.339 e. The fourth-order valence-electron chi connectivity index (χ4n) is 1.57. The van der Waals surface area contributed by atoms with Crippen molar-refractivity contribution in [2.45, 2.75) is 6.92 Å². The molecule has 0 aliphatic rings. The Balaban J connectivity index is 2.37. The van der Waals surface area contributed by atoms with Crippen molar-refractivity contribution in [3.05, 3.63) is 57.8 Å². The lowest BCUT2D eigenvalue weighted by Crippen LogP contribution is -2.01. The molecule has 0 radical (unpaired) electrons. The van der Waals surface area contributed by atoms with E-state index in [1.165, 1.54) is 6.07 Å². The fraction of sp³-hybridized carbons (Fsp3) is 0.0714. The van der Waals surface area contributed by atoms with Gasteiger partial charge in [-0.2, -0.15) is 0 Å². The van der Waals surface area contributed by atoms with Crippen LogP contribution in [-0.4, -0.2) is 11.1 Å². The molecule has 0 fully saturated rings. The number of ether oxygens (including phenoxy) is 1. The van der Waals surface area contributed by atoms with E-state index in [9.17, 15) is 9.18 Å². The number of aryl methyl sites for hydroxylation is 1. The summed E-state index contributed by atoms with van der Waals surface area (Å²) < 4.78 is 19.5. The number of aromatic carboxylic acids is 1. The van der Waals surface area contributed by atoms with Crippen molar-refractivity contribution in [3.8, 4) is 11.5 Å². The first-order valence-electron chi connectivity index (χ1n) is 5.44. The van der Waals surface area contributed by atoms with Gasteiger partial charge >= 0.3 is 5.97 Å². The molecule has 0 amide bonds. The van der Waals surface area contributed by atoms with Crippen molar-refractivity contribution in [3.63, 3.8) is 0 Å². The third-order valence-corrected chi connectivity index (χ3v) is 3.42. The zero-order valence-corrected chi connectivity index (χ0v) is 11.6. The summed E-state index contributed by atoms with van der Waals surface area (Å²) in [5, 5.41) is 9.01. The number of halogens is 2. The van der Waals surface area contributed by atoms with Crippen LogP contribution >= 0.6 is 15.9 Å². The Kier molecular flexibility index (Phi) is 3.85. The molecule has 2 rings (SSSR count). The topological polar surface area (TPSA) is 46.5 Å². The standard InChI is InChI=1S/C14H10BrFO3/c1-8-6-10(3-4-12(8)15)19-13-5-2-9(16)7-11(13)14(17)18/h2-7H,1H3,(H,17,18). The van der Waals surface area contributed by atoms with Gasteiger partial charge in [-0.3, -0.25) is 0 Å². The molecule has 98 valence electrons. The smallest absolute Gasteiger partial charge is 0.339 e. The second kappa shape index (κ2) is 5.40. The van der Waals surface area contributed by atoms with Crippen LogP contribution in [0.1, 0.15) is 15.9 Å². The van der Waals surface area contributed by atoms with Crippen LogP contribution in [0.4, 0.5) is 4.39 Å². The molecule has 2 aromatic rings. The van der Waals surface area contributed by atoms with E-state index in [4.69, 9.17) is 9.84 Å². The highest BCUT2D eigenvalue weighted by Gasteiger charge is 2.13. The second-order valence-corrected chi connectivity index (χ2v) is 4.81. The molecule has 0 heterocycles. The number of carbonyl (C=O) groups is 1. The van der Waals surface area contributed by atoms with Crippen LogP contribution in [0.3, 0.4) is 0 Å². The van der Waals surface area contributed by atoms with Gasteiger partial charge < -0.3 is 9.84 Å². The van der Waals surface area contributed by atoms with E-state index >= 15 is 0 Å². The number of benzene rings is 2. The average molecular weight is 325 g/mol. The summed E-state index contributed by atoms with van der Waals surface area (Å²) >= 11 is 3.36. The highest BCUT2D eigenvalue weighted by molar-refractivity contribution is 9.10. The zero-order valence-electron chi connectivity index (χ0n) is 9.98. The molecule has 0 saturated heterocycles. The zero-order chi connectivity index (χ0) is 14.0. The molecule has 5 heteroatoms. The Hall–Kier alpha value is -1.88. The molecule has 0 unspecified atom stereocenters. The van der Waals surface area contributed by atoms with Crippen molar-refractivity contribution < 1.29 is 19.0 Å². The SMILES string of the molecule is Cc1cc(Oc2ccc(F)cc2C(=O)O)ccc1Br. The van der Waals surface area contributed by atoms with Gasteiger partial charge in [0.15, 0.2) is 0 Å². The van der Waals surface area contributed by atoms with Crippen LogP contribution in [-0.2, 0) is 0 Å². The Morgan fingerprint density at radius 2 is 2.00 bits per heavy atom. The maximum absolute atomic E-state index is 13.0. The van der Waals surface area contributed by atoms with E-state index in [0.29, 0.717) is 5.75 Å². The van der Waals surface area contributed by atoms with Gasteiger partial charge in [0, 0.05) is 4.47 Å². The molecule has 0 spiro atoms. The quantitative estimate of drug-likeness (QED) is 0.910. The van der Waals surface area contributed by atoms with Crippen LogP contribution < -0.4 is 4.74 Å². The molecule has 0 bridgehead atoms. The Morgan fingerprint density at radius 1 is 1.26 bits per heavy atom. The van der Waals surface area contributed by atoms with Crippen LogP contribution in [0, 0.1) is 12.7 Å².